The zero-order chi connectivity index (χ0) is 14.5. The first kappa shape index (κ1) is 14.9. The minimum atomic E-state index is 0.472. The van der Waals surface area contributed by atoms with Crippen LogP contribution < -0.4 is 14.8 Å². The molecule has 0 radical (unpaired) electrons. The lowest BCUT2D eigenvalue weighted by Gasteiger charge is -2.10. The van der Waals surface area contributed by atoms with Gasteiger partial charge in [0.2, 0.25) is 5.13 Å². The van der Waals surface area contributed by atoms with Gasteiger partial charge >= 0.3 is 0 Å². The van der Waals surface area contributed by atoms with E-state index in [4.69, 9.17) is 21.1 Å². The first-order valence-corrected chi connectivity index (χ1v) is 7.34. The normalized spacial score (nSPS) is 10.4. The number of hydrogen-bond donors (Lipinski definition) is 1. The summed E-state index contributed by atoms with van der Waals surface area (Å²) in [6, 6.07) is 3.59. The summed E-state index contributed by atoms with van der Waals surface area (Å²) in [5.41, 5.74) is 0.799. The summed E-state index contributed by atoms with van der Waals surface area (Å²) in [5, 5.41) is 4.48. The lowest BCUT2D eigenvalue weighted by atomic mass is 10.2. The van der Waals surface area contributed by atoms with Crippen LogP contribution in [0.1, 0.15) is 13.3 Å². The highest BCUT2D eigenvalue weighted by molar-refractivity contribution is 7.09. The van der Waals surface area contributed by atoms with Crippen LogP contribution in [0.5, 0.6) is 11.5 Å². The fourth-order valence-corrected chi connectivity index (χ4v) is 2.59. The largest absolute Gasteiger partial charge is 0.493 e. The molecule has 108 valence electrons. The van der Waals surface area contributed by atoms with E-state index in [0.29, 0.717) is 22.3 Å². The number of nitrogens with one attached hydrogen (secondary N) is 1. The average molecular weight is 314 g/mol. The summed E-state index contributed by atoms with van der Waals surface area (Å²) in [4.78, 5) is 4.43. The van der Waals surface area contributed by atoms with Crippen LogP contribution in [0.15, 0.2) is 12.1 Å². The van der Waals surface area contributed by atoms with Crippen LogP contribution in [0.4, 0.5) is 5.13 Å². The SMILES string of the molecule is CCCNc1nc(-c2cc(Cl)c(OC)c(OC)c2)ns1. The van der Waals surface area contributed by atoms with Gasteiger partial charge in [-0.05, 0) is 18.6 Å². The van der Waals surface area contributed by atoms with Crippen LogP contribution in [0.3, 0.4) is 0 Å². The van der Waals surface area contributed by atoms with Crippen molar-refractivity contribution in [3.05, 3.63) is 17.2 Å². The maximum atomic E-state index is 6.18. The summed E-state index contributed by atoms with van der Waals surface area (Å²) >= 11 is 7.51. The third-order valence-corrected chi connectivity index (χ3v) is 3.60. The second kappa shape index (κ2) is 6.76. The molecule has 1 N–H and O–H groups in total. The van der Waals surface area contributed by atoms with E-state index in [9.17, 15) is 0 Å². The Balaban J connectivity index is 2.32. The Morgan fingerprint density at radius 3 is 2.75 bits per heavy atom. The molecular weight excluding hydrogens is 298 g/mol. The molecule has 0 saturated heterocycles. The van der Waals surface area contributed by atoms with E-state index in [2.05, 4.69) is 21.6 Å². The maximum absolute atomic E-state index is 6.18. The molecule has 2 rings (SSSR count). The highest BCUT2D eigenvalue weighted by atomic mass is 35.5. The number of aromatic nitrogens is 2. The predicted octanol–water partition coefficient (Wildman–Crippen LogP) is 3.70. The predicted molar refractivity (Wildman–Crippen MR) is 82.2 cm³/mol. The highest BCUT2D eigenvalue weighted by Gasteiger charge is 2.14. The van der Waals surface area contributed by atoms with Crippen LogP contribution >= 0.6 is 23.1 Å². The van der Waals surface area contributed by atoms with E-state index in [1.165, 1.54) is 11.5 Å². The van der Waals surface area contributed by atoms with Gasteiger partial charge in [-0.15, -0.1) is 0 Å². The van der Waals surface area contributed by atoms with Gasteiger partial charge in [0, 0.05) is 23.6 Å². The first-order valence-electron chi connectivity index (χ1n) is 6.19. The van der Waals surface area contributed by atoms with Crippen molar-refractivity contribution >= 4 is 28.3 Å². The van der Waals surface area contributed by atoms with Crippen molar-refractivity contribution in [1.82, 2.24) is 9.36 Å². The van der Waals surface area contributed by atoms with Crippen LogP contribution in [-0.2, 0) is 0 Å². The van der Waals surface area contributed by atoms with Crippen molar-refractivity contribution in [3.8, 4) is 22.9 Å². The second-order valence-electron chi connectivity index (χ2n) is 4.04. The Morgan fingerprint density at radius 1 is 1.30 bits per heavy atom. The molecule has 1 heterocycles. The number of ether oxygens (including phenoxy) is 2. The molecule has 0 aliphatic heterocycles. The standard InChI is InChI=1S/C13H16ClN3O2S/c1-4-5-15-13-16-12(17-20-13)8-6-9(14)11(19-3)10(7-8)18-2/h6-7H,4-5H2,1-3H3,(H,15,16,17). The lowest BCUT2D eigenvalue weighted by molar-refractivity contribution is 0.355. The monoisotopic (exact) mass is 313 g/mol. The van der Waals surface area contributed by atoms with Gasteiger partial charge in [-0.2, -0.15) is 9.36 Å². The van der Waals surface area contributed by atoms with E-state index in [-0.39, 0.29) is 0 Å². The van der Waals surface area contributed by atoms with Gasteiger partial charge in [-0.1, -0.05) is 18.5 Å². The molecule has 7 heteroatoms. The number of benzene rings is 1. The summed E-state index contributed by atoms with van der Waals surface area (Å²) in [6.45, 7) is 2.98. The van der Waals surface area contributed by atoms with Crippen molar-refractivity contribution in [3.63, 3.8) is 0 Å². The minimum Gasteiger partial charge on any atom is -0.493 e. The molecule has 1 aromatic heterocycles. The Hall–Kier alpha value is -1.53. The highest BCUT2D eigenvalue weighted by Crippen LogP contribution is 2.38. The van der Waals surface area contributed by atoms with Gasteiger partial charge in [0.05, 0.1) is 19.2 Å². The number of nitrogens with zero attached hydrogens (tertiary/aromatic N) is 2. The first-order chi connectivity index (χ1) is 9.69. The van der Waals surface area contributed by atoms with Gasteiger partial charge in [0.15, 0.2) is 17.3 Å². The minimum absolute atomic E-state index is 0.472. The quantitative estimate of drug-likeness (QED) is 0.881. The summed E-state index contributed by atoms with van der Waals surface area (Å²) in [7, 11) is 3.12. The van der Waals surface area contributed by atoms with Gasteiger partial charge in [-0.3, -0.25) is 0 Å². The van der Waals surface area contributed by atoms with E-state index in [1.807, 2.05) is 6.07 Å². The molecule has 1 aromatic carbocycles. The molecule has 2 aromatic rings. The molecule has 0 amide bonds. The molecule has 0 atom stereocenters. The third kappa shape index (κ3) is 3.13. The molecule has 0 aliphatic carbocycles. The molecule has 5 nitrogen and oxygen atoms in total. The Kier molecular flexibility index (Phi) is 5.03. The van der Waals surface area contributed by atoms with Crippen molar-refractivity contribution in [1.29, 1.82) is 0 Å². The fourth-order valence-electron chi connectivity index (χ4n) is 1.69. The lowest BCUT2D eigenvalue weighted by Crippen LogP contribution is -1.98. The van der Waals surface area contributed by atoms with Crippen molar-refractivity contribution < 1.29 is 9.47 Å². The van der Waals surface area contributed by atoms with Gasteiger partial charge in [0.1, 0.15) is 0 Å². The van der Waals surface area contributed by atoms with Crippen LogP contribution in [0, 0.1) is 0 Å². The van der Waals surface area contributed by atoms with E-state index in [0.717, 1.165) is 23.7 Å². The zero-order valence-electron chi connectivity index (χ0n) is 11.6. The maximum Gasteiger partial charge on any atom is 0.202 e. The van der Waals surface area contributed by atoms with E-state index >= 15 is 0 Å². The van der Waals surface area contributed by atoms with Crippen molar-refractivity contribution in [2.45, 2.75) is 13.3 Å². The van der Waals surface area contributed by atoms with Crippen LogP contribution in [0.25, 0.3) is 11.4 Å². The third-order valence-electron chi connectivity index (χ3n) is 2.64. The summed E-state index contributed by atoms with van der Waals surface area (Å²) in [6.07, 6.45) is 1.04. The van der Waals surface area contributed by atoms with Crippen molar-refractivity contribution in [2.24, 2.45) is 0 Å². The molecule has 0 aliphatic rings. The van der Waals surface area contributed by atoms with Crippen LogP contribution in [-0.4, -0.2) is 30.1 Å². The van der Waals surface area contributed by atoms with E-state index in [1.54, 1.807) is 20.3 Å². The van der Waals surface area contributed by atoms with E-state index < -0.39 is 0 Å². The zero-order valence-corrected chi connectivity index (χ0v) is 13.1. The molecule has 0 saturated carbocycles. The smallest absolute Gasteiger partial charge is 0.202 e. The Morgan fingerprint density at radius 2 is 2.10 bits per heavy atom. The molecule has 0 unspecified atom stereocenters. The summed E-state index contributed by atoms with van der Waals surface area (Å²) < 4.78 is 14.8. The fraction of sp³-hybridized carbons (Fsp3) is 0.385. The number of methoxy groups -OCH3 is 2. The summed E-state index contributed by atoms with van der Waals surface area (Å²) in [5.74, 6) is 1.70. The second-order valence-corrected chi connectivity index (χ2v) is 5.20. The topological polar surface area (TPSA) is 56.3 Å². The molecule has 20 heavy (non-hydrogen) atoms. The Bertz CT molecular complexity index is 589. The number of halogens is 1. The molecule has 0 spiro atoms. The number of anilines is 1. The number of rotatable bonds is 6. The van der Waals surface area contributed by atoms with Gasteiger partial charge < -0.3 is 14.8 Å². The molecular formula is C13H16ClN3O2S. The van der Waals surface area contributed by atoms with Gasteiger partial charge in [0.25, 0.3) is 0 Å². The Labute approximate surface area is 127 Å². The van der Waals surface area contributed by atoms with Crippen molar-refractivity contribution in [2.75, 3.05) is 26.1 Å². The van der Waals surface area contributed by atoms with Gasteiger partial charge in [-0.25, -0.2) is 0 Å². The number of hydrogen-bond acceptors (Lipinski definition) is 6. The molecule has 0 fully saturated rings. The molecule has 0 bridgehead atoms. The average Bonchev–Trinajstić information content (AvgIpc) is 2.93. The van der Waals surface area contributed by atoms with Crippen LogP contribution in [0.2, 0.25) is 5.02 Å².